The summed E-state index contributed by atoms with van der Waals surface area (Å²) in [5, 5.41) is 11.3. The number of aliphatic hydroxyl groups excluding tert-OH is 1. The Morgan fingerprint density at radius 1 is 1.00 bits per heavy atom. The summed E-state index contributed by atoms with van der Waals surface area (Å²) in [6, 6.07) is 11.2. The predicted octanol–water partition coefficient (Wildman–Crippen LogP) is 3.25. The average molecular weight is 511 g/mol. The third-order valence-corrected chi connectivity index (χ3v) is 6.69. The number of morpholine rings is 1. The summed E-state index contributed by atoms with van der Waals surface area (Å²) in [6.45, 7) is 6.56. The third kappa shape index (κ3) is 5.73. The van der Waals surface area contributed by atoms with Gasteiger partial charge in [0.15, 0.2) is 0 Å². The predicted molar refractivity (Wildman–Crippen MR) is 138 cm³/mol. The molecule has 0 saturated carbocycles. The first-order chi connectivity index (χ1) is 18.0. The zero-order valence-electron chi connectivity index (χ0n) is 21.6. The number of benzene rings is 2. The summed E-state index contributed by atoms with van der Waals surface area (Å²) in [5.41, 5.74) is 1.01. The quantitative estimate of drug-likeness (QED) is 0.296. The van der Waals surface area contributed by atoms with Crippen LogP contribution in [0, 0.1) is 0 Å². The Balaban J connectivity index is 1.73. The second-order valence-corrected chi connectivity index (χ2v) is 8.87. The van der Waals surface area contributed by atoms with E-state index in [1.54, 1.807) is 49.6 Å². The van der Waals surface area contributed by atoms with Crippen molar-refractivity contribution in [1.29, 1.82) is 0 Å². The molecule has 2 aliphatic heterocycles. The van der Waals surface area contributed by atoms with Crippen molar-refractivity contribution in [2.75, 3.05) is 60.2 Å². The third-order valence-electron chi connectivity index (χ3n) is 6.69. The Hall–Kier alpha value is -3.56. The summed E-state index contributed by atoms with van der Waals surface area (Å²) in [5.74, 6) is 0.0665. The second kappa shape index (κ2) is 12.1. The molecule has 0 bridgehead atoms. The lowest BCUT2D eigenvalue weighted by Gasteiger charge is -2.29. The number of amides is 1. The molecule has 1 N–H and O–H groups in total. The Morgan fingerprint density at radius 3 is 2.35 bits per heavy atom. The number of aliphatic hydroxyl groups is 1. The Morgan fingerprint density at radius 2 is 1.70 bits per heavy atom. The maximum atomic E-state index is 13.4. The standard InChI is InChI=1S/C28H34N2O7/c1-4-37-20-8-6-19(7-9-20)26(31)24-25(22-18-21(34-2)10-11-23(22)35-3)30(28(33)27(24)32)13-5-12-29-14-16-36-17-15-29/h6-11,18,25,31H,4-5,12-17H2,1-3H3/t25-/m0/s1. The van der Waals surface area contributed by atoms with Crippen molar-refractivity contribution in [2.45, 2.75) is 19.4 Å². The second-order valence-electron chi connectivity index (χ2n) is 8.87. The van der Waals surface area contributed by atoms with Crippen LogP contribution in [0.15, 0.2) is 48.0 Å². The summed E-state index contributed by atoms with van der Waals surface area (Å²) in [4.78, 5) is 30.5. The first-order valence-corrected chi connectivity index (χ1v) is 12.5. The molecule has 0 unspecified atom stereocenters. The minimum absolute atomic E-state index is 0.0204. The highest BCUT2D eigenvalue weighted by molar-refractivity contribution is 6.46. The van der Waals surface area contributed by atoms with Crippen LogP contribution in [0.2, 0.25) is 0 Å². The van der Waals surface area contributed by atoms with Crippen molar-refractivity contribution < 1.29 is 33.6 Å². The van der Waals surface area contributed by atoms with Crippen molar-refractivity contribution in [3.05, 3.63) is 59.2 Å². The van der Waals surface area contributed by atoms with Crippen LogP contribution >= 0.6 is 0 Å². The average Bonchev–Trinajstić information content (AvgIpc) is 3.18. The molecule has 0 aromatic heterocycles. The van der Waals surface area contributed by atoms with Crippen LogP contribution in [-0.2, 0) is 14.3 Å². The molecule has 2 heterocycles. The fourth-order valence-corrected chi connectivity index (χ4v) is 4.81. The number of hydrogen-bond donors (Lipinski definition) is 1. The van der Waals surface area contributed by atoms with E-state index in [4.69, 9.17) is 18.9 Å². The number of methoxy groups -OCH3 is 2. The van der Waals surface area contributed by atoms with Gasteiger partial charge in [0.05, 0.1) is 45.7 Å². The number of ether oxygens (including phenoxy) is 4. The van der Waals surface area contributed by atoms with E-state index in [1.165, 1.54) is 12.0 Å². The number of Topliss-reactive ketones (excluding diaryl/α,β-unsaturated/α-hetero) is 1. The molecular formula is C28H34N2O7. The number of carbonyl (C=O) groups excluding carboxylic acids is 2. The zero-order chi connectivity index (χ0) is 26.4. The molecular weight excluding hydrogens is 476 g/mol. The number of carbonyl (C=O) groups is 2. The molecule has 2 aliphatic rings. The summed E-state index contributed by atoms with van der Waals surface area (Å²) >= 11 is 0. The van der Waals surface area contributed by atoms with Crippen molar-refractivity contribution in [1.82, 2.24) is 9.80 Å². The molecule has 2 aromatic rings. The first-order valence-electron chi connectivity index (χ1n) is 12.5. The van der Waals surface area contributed by atoms with E-state index in [-0.39, 0.29) is 11.3 Å². The van der Waals surface area contributed by atoms with Crippen LogP contribution in [0.3, 0.4) is 0 Å². The maximum absolute atomic E-state index is 13.4. The Bertz CT molecular complexity index is 1140. The van der Waals surface area contributed by atoms with Gasteiger partial charge >= 0.3 is 0 Å². The van der Waals surface area contributed by atoms with Crippen molar-refractivity contribution in [2.24, 2.45) is 0 Å². The number of nitrogens with zero attached hydrogens (tertiary/aromatic N) is 2. The van der Waals surface area contributed by atoms with Crippen LogP contribution < -0.4 is 14.2 Å². The van der Waals surface area contributed by atoms with Gasteiger partial charge in [-0.3, -0.25) is 14.5 Å². The highest BCUT2D eigenvalue weighted by atomic mass is 16.5. The molecule has 2 aromatic carbocycles. The monoisotopic (exact) mass is 510 g/mol. The fourth-order valence-electron chi connectivity index (χ4n) is 4.81. The largest absolute Gasteiger partial charge is 0.507 e. The number of likely N-dealkylation sites (tertiary alicyclic amines) is 1. The Labute approximate surface area is 217 Å². The number of rotatable bonds is 10. The van der Waals surface area contributed by atoms with Gasteiger partial charge in [-0.1, -0.05) is 0 Å². The molecule has 198 valence electrons. The van der Waals surface area contributed by atoms with Crippen molar-refractivity contribution in [3.8, 4) is 17.2 Å². The van der Waals surface area contributed by atoms with Crippen molar-refractivity contribution >= 4 is 17.4 Å². The Kier molecular flexibility index (Phi) is 8.68. The van der Waals surface area contributed by atoms with Gasteiger partial charge in [0.1, 0.15) is 23.0 Å². The van der Waals surface area contributed by atoms with Gasteiger partial charge in [-0.15, -0.1) is 0 Å². The lowest BCUT2D eigenvalue weighted by Crippen LogP contribution is -2.39. The maximum Gasteiger partial charge on any atom is 0.295 e. The topological polar surface area (TPSA) is 97.8 Å². The molecule has 37 heavy (non-hydrogen) atoms. The summed E-state index contributed by atoms with van der Waals surface area (Å²) < 4.78 is 21.9. The molecule has 2 saturated heterocycles. The molecule has 9 heteroatoms. The molecule has 1 atom stereocenters. The molecule has 0 spiro atoms. The molecule has 9 nitrogen and oxygen atoms in total. The van der Waals surface area contributed by atoms with Crippen LogP contribution in [0.5, 0.6) is 17.2 Å². The number of ketones is 1. The van der Waals surface area contributed by atoms with Gasteiger partial charge in [0.2, 0.25) is 0 Å². The van der Waals surface area contributed by atoms with E-state index in [1.807, 2.05) is 6.92 Å². The van der Waals surface area contributed by atoms with Gasteiger partial charge in [0, 0.05) is 37.3 Å². The van der Waals surface area contributed by atoms with E-state index in [9.17, 15) is 14.7 Å². The van der Waals surface area contributed by atoms with Gasteiger partial charge in [-0.05, 0) is 55.8 Å². The minimum Gasteiger partial charge on any atom is -0.507 e. The van der Waals surface area contributed by atoms with Gasteiger partial charge in [-0.2, -0.15) is 0 Å². The zero-order valence-corrected chi connectivity index (χ0v) is 21.6. The lowest BCUT2D eigenvalue weighted by molar-refractivity contribution is -0.140. The number of hydrogen-bond acceptors (Lipinski definition) is 8. The molecule has 4 rings (SSSR count). The lowest BCUT2D eigenvalue weighted by atomic mass is 9.94. The highest BCUT2D eigenvalue weighted by Gasteiger charge is 2.47. The minimum atomic E-state index is -0.832. The van der Waals surface area contributed by atoms with E-state index in [2.05, 4.69) is 4.90 Å². The summed E-state index contributed by atoms with van der Waals surface area (Å²) in [6.07, 6.45) is 0.666. The van der Waals surface area contributed by atoms with Crippen LogP contribution in [0.25, 0.3) is 5.76 Å². The molecule has 1 amide bonds. The summed E-state index contributed by atoms with van der Waals surface area (Å²) in [7, 11) is 3.08. The van der Waals surface area contributed by atoms with E-state index in [0.29, 0.717) is 61.2 Å². The van der Waals surface area contributed by atoms with Gasteiger partial charge in [0.25, 0.3) is 11.7 Å². The molecule has 0 aliphatic carbocycles. The molecule has 0 radical (unpaired) electrons. The van der Waals surface area contributed by atoms with Crippen molar-refractivity contribution in [3.63, 3.8) is 0 Å². The molecule has 2 fully saturated rings. The van der Waals surface area contributed by atoms with Gasteiger partial charge in [-0.25, -0.2) is 0 Å². The van der Waals surface area contributed by atoms with Gasteiger partial charge < -0.3 is 29.0 Å². The normalized spacial score (nSPS) is 19.8. The van der Waals surface area contributed by atoms with Crippen LogP contribution in [-0.4, -0.2) is 86.8 Å². The fraction of sp³-hybridized carbons (Fsp3) is 0.429. The highest BCUT2D eigenvalue weighted by Crippen LogP contribution is 2.44. The van der Waals surface area contributed by atoms with Crippen LogP contribution in [0.1, 0.15) is 30.5 Å². The first kappa shape index (κ1) is 26.5. The van der Waals surface area contributed by atoms with E-state index in [0.717, 1.165) is 19.6 Å². The smallest absolute Gasteiger partial charge is 0.295 e. The van der Waals surface area contributed by atoms with E-state index >= 15 is 0 Å². The van der Waals surface area contributed by atoms with E-state index < -0.39 is 17.7 Å². The van der Waals surface area contributed by atoms with Crippen LogP contribution in [0.4, 0.5) is 0 Å². The SMILES string of the molecule is CCOc1ccc(C(O)=C2C(=O)C(=O)N(CCCN3CCOCC3)[C@H]2c2cc(OC)ccc2OC)cc1.